The average molecular weight is 404 g/mol. The van der Waals surface area contributed by atoms with Crippen LogP contribution in [0.25, 0.3) is 0 Å². The first-order valence-corrected chi connectivity index (χ1v) is 9.65. The van der Waals surface area contributed by atoms with Gasteiger partial charge in [0.2, 0.25) is 0 Å². The molecule has 0 radical (unpaired) electrons. The molecular weight excluding hydrogens is 386 g/mol. The minimum absolute atomic E-state index is 0.0317. The number of nitrogens with zero attached hydrogens (tertiary/aromatic N) is 5. The Morgan fingerprint density at radius 1 is 1.39 bits per heavy atom. The third-order valence-electron chi connectivity index (χ3n) is 4.58. The minimum Gasteiger partial charge on any atom is -0.337 e. The fraction of sp³-hybridized carbons (Fsp3) is 0.333. The Hall–Kier alpha value is -2.88. The van der Waals surface area contributed by atoms with Crippen LogP contribution >= 0.6 is 11.3 Å². The molecular formula is C18H18F2N6OS. The van der Waals surface area contributed by atoms with Crippen molar-refractivity contribution in [1.29, 1.82) is 0 Å². The summed E-state index contributed by atoms with van der Waals surface area (Å²) in [5.74, 6) is -0.256. The monoisotopic (exact) mass is 404 g/mol. The number of thiazole rings is 1. The molecule has 146 valence electrons. The zero-order valence-electron chi connectivity index (χ0n) is 15.0. The molecule has 1 aliphatic heterocycles. The molecule has 0 bridgehead atoms. The second-order valence-corrected chi connectivity index (χ2v) is 7.47. The van der Waals surface area contributed by atoms with Crippen LogP contribution in [-0.4, -0.2) is 43.6 Å². The van der Waals surface area contributed by atoms with E-state index in [1.807, 2.05) is 24.4 Å². The van der Waals surface area contributed by atoms with Crippen molar-refractivity contribution in [2.24, 2.45) is 0 Å². The Balaban J connectivity index is 1.47. The highest BCUT2D eigenvalue weighted by Gasteiger charge is 2.30. The van der Waals surface area contributed by atoms with Gasteiger partial charge in [-0.25, -0.2) is 9.67 Å². The van der Waals surface area contributed by atoms with Gasteiger partial charge in [-0.05, 0) is 31.5 Å². The van der Waals surface area contributed by atoms with Crippen molar-refractivity contribution in [1.82, 2.24) is 24.6 Å². The molecule has 0 aliphatic carbocycles. The number of aromatic nitrogens is 4. The molecule has 3 aromatic rings. The van der Waals surface area contributed by atoms with Gasteiger partial charge in [-0.1, -0.05) is 0 Å². The van der Waals surface area contributed by atoms with Crippen LogP contribution in [0.4, 0.5) is 19.6 Å². The Morgan fingerprint density at radius 2 is 2.25 bits per heavy atom. The van der Waals surface area contributed by atoms with Crippen LogP contribution in [0, 0.1) is 6.92 Å². The molecule has 3 aromatic heterocycles. The second kappa shape index (κ2) is 7.63. The van der Waals surface area contributed by atoms with Gasteiger partial charge in [0.25, 0.3) is 5.91 Å². The molecule has 1 aliphatic rings. The lowest BCUT2D eigenvalue weighted by atomic mass is 10.0. The number of hydrogen-bond acceptors (Lipinski definition) is 6. The van der Waals surface area contributed by atoms with Crippen molar-refractivity contribution in [2.75, 3.05) is 18.4 Å². The zero-order chi connectivity index (χ0) is 19.7. The van der Waals surface area contributed by atoms with Crippen LogP contribution in [0.3, 0.4) is 0 Å². The summed E-state index contributed by atoms with van der Waals surface area (Å²) in [6, 6.07) is 5.24. The fourth-order valence-electron chi connectivity index (χ4n) is 3.29. The maximum atomic E-state index is 12.7. The quantitative estimate of drug-likeness (QED) is 0.700. The Kier molecular flexibility index (Phi) is 5.03. The van der Waals surface area contributed by atoms with E-state index in [0.29, 0.717) is 17.8 Å². The average Bonchev–Trinajstić information content (AvgIpc) is 3.41. The second-order valence-electron chi connectivity index (χ2n) is 6.58. The molecule has 1 amide bonds. The van der Waals surface area contributed by atoms with E-state index < -0.39 is 6.55 Å². The van der Waals surface area contributed by atoms with Crippen molar-refractivity contribution in [3.05, 3.63) is 53.1 Å². The molecule has 1 fully saturated rings. The number of anilines is 2. The Bertz CT molecular complexity index is 974. The predicted molar refractivity (Wildman–Crippen MR) is 101 cm³/mol. The van der Waals surface area contributed by atoms with Crippen molar-refractivity contribution in [3.8, 4) is 0 Å². The summed E-state index contributed by atoms with van der Waals surface area (Å²) in [6.45, 7) is 0.183. The van der Waals surface area contributed by atoms with Crippen LogP contribution in [-0.2, 0) is 0 Å². The number of halogens is 2. The number of rotatable bonds is 5. The standard InChI is InChI=1S/C18H18F2N6OS/c1-11-8-13(23-18-21-4-7-28-18)9-15(22-11)12-2-5-25(10-12)16(27)14-3-6-26(24-14)17(19)20/h3-4,6-9,12,17H,2,5,10H2,1H3,(H,21,22,23)/t12-/m1/s1. The van der Waals surface area contributed by atoms with Crippen molar-refractivity contribution in [2.45, 2.75) is 25.8 Å². The van der Waals surface area contributed by atoms with Crippen LogP contribution in [0.1, 0.15) is 40.8 Å². The lowest BCUT2D eigenvalue weighted by molar-refractivity contribution is 0.0553. The summed E-state index contributed by atoms with van der Waals surface area (Å²) in [5, 5.41) is 9.63. The number of carbonyl (C=O) groups is 1. The van der Waals surface area contributed by atoms with E-state index in [9.17, 15) is 13.6 Å². The predicted octanol–water partition coefficient (Wildman–Crippen LogP) is 3.81. The number of likely N-dealkylation sites (tertiary alicyclic amines) is 1. The third kappa shape index (κ3) is 3.86. The van der Waals surface area contributed by atoms with E-state index in [1.54, 1.807) is 11.1 Å². The molecule has 4 heterocycles. The molecule has 1 atom stereocenters. The van der Waals surface area contributed by atoms with Crippen molar-refractivity contribution < 1.29 is 13.6 Å². The van der Waals surface area contributed by atoms with Gasteiger partial charge in [-0.2, -0.15) is 13.9 Å². The number of pyridine rings is 1. The number of aryl methyl sites for hydroxylation is 1. The lowest BCUT2D eigenvalue weighted by Crippen LogP contribution is -2.29. The molecule has 7 nitrogen and oxygen atoms in total. The summed E-state index contributed by atoms with van der Waals surface area (Å²) in [5.41, 5.74) is 2.70. The van der Waals surface area contributed by atoms with Gasteiger partial charge >= 0.3 is 6.55 Å². The highest BCUT2D eigenvalue weighted by molar-refractivity contribution is 7.13. The van der Waals surface area contributed by atoms with E-state index in [2.05, 4.69) is 20.4 Å². The molecule has 0 saturated carbocycles. The first kappa shape index (κ1) is 18.5. The van der Waals surface area contributed by atoms with Gasteiger partial charge in [-0.15, -0.1) is 11.3 Å². The molecule has 28 heavy (non-hydrogen) atoms. The summed E-state index contributed by atoms with van der Waals surface area (Å²) in [7, 11) is 0. The highest BCUT2D eigenvalue weighted by Crippen LogP contribution is 2.30. The summed E-state index contributed by atoms with van der Waals surface area (Å²) in [4.78, 5) is 23.1. The first-order chi connectivity index (χ1) is 13.5. The number of alkyl halides is 2. The van der Waals surface area contributed by atoms with Crippen LogP contribution in [0.2, 0.25) is 0 Å². The van der Waals surface area contributed by atoms with Gasteiger partial charge in [-0.3, -0.25) is 9.78 Å². The molecule has 1 saturated heterocycles. The molecule has 0 aromatic carbocycles. The summed E-state index contributed by atoms with van der Waals surface area (Å²) in [6.07, 6.45) is 3.61. The summed E-state index contributed by atoms with van der Waals surface area (Å²) < 4.78 is 25.8. The number of nitrogens with one attached hydrogen (secondary N) is 1. The van der Waals surface area contributed by atoms with Gasteiger partial charge in [0.15, 0.2) is 10.8 Å². The van der Waals surface area contributed by atoms with Gasteiger partial charge < -0.3 is 10.2 Å². The molecule has 1 N–H and O–H groups in total. The molecule has 10 heteroatoms. The van der Waals surface area contributed by atoms with Gasteiger partial charge in [0.05, 0.1) is 0 Å². The number of carbonyl (C=O) groups excluding carboxylic acids is 1. The smallest absolute Gasteiger partial charge is 0.333 e. The van der Waals surface area contributed by atoms with E-state index in [4.69, 9.17) is 0 Å². The molecule has 0 unspecified atom stereocenters. The fourth-order valence-corrected chi connectivity index (χ4v) is 3.84. The van der Waals surface area contributed by atoms with Crippen LogP contribution in [0.15, 0.2) is 36.0 Å². The number of amides is 1. The van der Waals surface area contributed by atoms with Crippen molar-refractivity contribution >= 4 is 28.1 Å². The van der Waals surface area contributed by atoms with E-state index in [0.717, 1.165) is 34.8 Å². The maximum Gasteiger partial charge on any atom is 0.333 e. The highest BCUT2D eigenvalue weighted by atomic mass is 32.1. The topological polar surface area (TPSA) is 75.9 Å². The summed E-state index contributed by atoms with van der Waals surface area (Å²) >= 11 is 1.51. The SMILES string of the molecule is Cc1cc(Nc2nccs2)cc([C@@H]2CCN(C(=O)c3ccn(C(F)F)n3)C2)n1. The first-order valence-electron chi connectivity index (χ1n) is 8.77. The zero-order valence-corrected chi connectivity index (χ0v) is 15.9. The van der Waals surface area contributed by atoms with Crippen LogP contribution < -0.4 is 5.32 Å². The lowest BCUT2D eigenvalue weighted by Gasteiger charge is -2.16. The Labute approximate surface area is 164 Å². The van der Waals surface area contributed by atoms with Crippen LogP contribution in [0.5, 0.6) is 0 Å². The molecule has 4 rings (SSSR count). The minimum atomic E-state index is -2.76. The van der Waals surface area contributed by atoms with E-state index in [1.165, 1.54) is 17.4 Å². The number of hydrogen-bond donors (Lipinski definition) is 1. The van der Waals surface area contributed by atoms with Crippen molar-refractivity contribution in [3.63, 3.8) is 0 Å². The van der Waals surface area contributed by atoms with Gasteiger partial charge in [0.1, 0.15) is 0 Å². The third-order valence-corrected chi connectivity index (χ3v) is 5.27. The van der Waals surface area contributed by atoms with E-state index in [-0.39, 0.29) is 17.5 Å². The molecule has 0 spiro atoms. The largest absolute Gasteiger partial charge is 0.337 e. The van der Waals surface area contributed by atoms with E-state index >= 15 is 0 Å². The van der Waals surface area contributed by atoms with Gasteiger partial charge in [0, 0.05) is 53.9 Å². The maximum absolute atomic E-state index is 12.7. The normalized spacial score (nSPS) is 16.7. The Morgan fingerprint density at radius 3 is 2.96 bits per heavy atom.